The Hall–Kier alpha value is -3.82. The first kappa shape index (κ1) is 31.1. The van der Waals surface area contributed by atoms with Crippen LogP contribution in [0.25, 0.3) is 33.0 Å². The van der Waals surface area contributed by atoms with Gasteiger partial charge in [-0.25, -0.2) is 0 Å². The largest absolute Gasteiger partial charge is 0.493 e. The highest BCUT2D eigenvalue weighted by Gasteiger charge is 2.09. The van der Waals surface area contributed by atoms with Crippen molar-refractivity contribution < 1.29 is 9.47 Å². The van der Waals surface area contributed by atoms with Crippen molar-refractivity contribution in [2.75, 3.05) is 63.1 Å². The van der Waals surface area contributed by atoms with Crippen LogP contribution >= 0.6 is 0 Å². The van der Waals surface area contributed by atoms with E-state index in [-0.39, 0.29) is 0 Å². The number of nitrogens with one attached hydrogen (secondary N) is 2. The number of hydrogen-bond acceptors (Lipinski definition) is 8. The fraction of sp³-hybridized carbons (Fsp3) is 0.353. The highest BCUT2D eigenvalue weighted by molar-refractivity contribution is 5.91. The molecule has 0 aliphatic carbocycles. The third-order valence-electron chi connectivity index (χ3n) is 6.97. The van der Waals surface area contributed by atoms with Crippen LogP contribution in [0, 0.1) is 0 Å². The summed E-state index contributed by atoms with van der Waals surface area (Å²) >= 11 is 0. The first-order valence-corrected chi connectivity index (χ1v) is 15.0. The Labute approximate surface area is 249 Å². The Kier molecular flexibility index (Phi) is 12.3. The highest BCUT2D eigenvalue weighted by Crippen LogP contribution is 2.34. The van der Waals surface area contributed by atoms with Gasteiger partial charge in [-0.2, -0.15) is 0 Å². The third-order valence-corrected chi connectivity index (χ3v) is 6.97. The van der Waals surface area contributed by atoms with Crippen LogP contribution in [-0.4, -0.2) is 52.5 Å². The SMILES string of the molecule is NCCCNc1cc(OCCCN)cc(-c2ccc3ccc(-c4cc(NCCCN)cc(OCCCN)c4)cc3c2)c1. The monoisotopic (exact) mass is 570 g/mol. The Balaban J connectivity index is 1.67. The van der Waals surface area contributed by atoms with Crippen LogP contribution in [0.3, 0.4) is 0 Å². The van der Waals surface area contributed by atoms with Crippen LogP contribution in [0.15, 0.2) is 72.8 Å². The van der Waals surface area contributed by atoms with Gasteiger partial charge in [0.15, 0.2) is 0 Å². The Bertz CT molecular complexity index is 1250. The number of hydrogen-bond donors (Lipinski definition) is 6. The second-order valence-corrected chi connectivity index (χ2v) is 10.4. The van der Waals surface area contributed by atoms with E-state index in [1.165, 1.54) is 5.39 Å². The molecule has 4 aromatic carbocycles. The zero-order valence-corrected chi connectivity index (χ0v) is 24.5. The second-order valence-electron chi connectivity index (χ2n) is 10.4. The Morgan fingerprint density at radius 3 is 1.33 bits per heavy atom. The molecule has 8 heteroatoms. The van der Waals surface area contributed by atoms with Crippen molar-refractivity contribution in [3.8, 4) is 33.8 Å². The van der Waals surface area contributed by atoms with E-state index in [2.05, 4.69) is 71.3 Å². The van der Waals surface area contributed by atoms with E-state index in [9.17, 15) is 0 Å². The maximum atomic E-state index is 6.04. The third kappa shape index (κ3) is 9.09. The summed E-state index contributed by atoms with van der Waals surface area (Å²) < 4.78 is 12.1. The van der Waals surface area contributed by atoms with Crippen molar-refractivity contribution in [3.63, 3.8) is 0 Å². The van der Waals surface area contributed by atoms with Crippen molar-refractivity contribution >= 4 is 22.1 Å². The van der Waals surface area contributed by atoms with E-state index in [0.717, 1.165) is 89.3 Å². The summed E-state index contributed by atoms with van der Waals surface area (Å²) in [5.41, 5.74) is 29.2. The lowest BCUT2D eigenvalue weighted by atomic mass is 9.97. The van der Waals surface area contributed by atoms with Crippen molar-refractivity contribution in [2.24, 2.45) is 22.9 Å². The maximum Gasteiger partial charge on any atom is 0.121 e. The molecule has 0 aliphatic heterocycles. The molecule has 0 heterocycles. The van der Waals surface area contributed by atoms with E-state index < -0.39 is 0 Å². The molecule has 224 valence electrons. The summed E-state index contributed by atoms with van der Waals surface area (Å²) in [6, 6.07) is 25.7. The lowest BCUT2D eigenvalue weighted by molar-refractivity contribution is 0.313. The van der Waals surface area contributed by atoms with Gasteiger partial charge in [0.05, 0.1) is 13.2 Å². The predicted octanol–water partition coefficient (Wildman–Crippen LogP) is 5.15. The lowest BCUT2D eigenvalue weighted by Crippen LogP contribution is -2.09. The zero-order chi connectivity index (χ0) is 29.6. The van der Waals surface area contributed by atoms with Gasteiger partial charge < -0.3 is 43.0 Å². The van der Waals surface area contributed by atoms with Crippen LogP contribution in [0.2, 0.25) is 0 Å². The molecule has 4 rings (SSSR count). The molecule has 10 N–H and O–H groups in total. The Morgan fingerprint density at radius 2 is 0.905 bits per heavy atom. The van der Waals surface area contributed by atoms with E-state index in [1.54, 1.807) is 0 Å². The number of anilines is 2. The molecule has 0 fully saturated rings. The molecule has 0 amide bonds. The van der Waals surface area contributed by atoms with Gasteiger partial charge in [-0.3, -0.25) is 0 Å². The summed E-state index contributed by atoms with van der Waals surface area (Å²) in [5, 5.41) is 9.30. The maximum absolute atomic E-state index is 6.04. The minimum absolute atomic E-state index is 0.585. The molecule has 0 aromatic heterocycles. The van der Waals surface area contributed by atoms with Crippen molar-refractivity contribution in [1.29, 1.82) is 0 Å². The molecule has 0 aliphatic rings. The molecule has 0 saturated carbocycles. The quantitative estimate of drug-likeness (QED) is 0.0901. The average Bonchev–Trinajstić information content (AvgIpc) is 3.01. The lowest BCUT2D eigenvalue weighted by Gasteiger charge is -2.14. The molecule has 0 radical (unpaired) electrons. The number of nitrogens with two attached hydrogens (primary N) is 4. The molecular formula is C34H46N6O2. The molecule has 8 nitrogen and oxygen atoms in total. The van der Waals surface area contributed by atoms with E-state index in [1.807, 2.05) is 12.1 Å². The smallest absolute Gasteiger partial charge is 0.121 e. The summed E-state index contributed by atoms with van der Waals surface area (Å²) in [6.07, 6.45) is 3.41. The van der Waals surface area contributed by atoms with Gasteiger partial charge >= 0.3 is 0 Å². The molecule has 4 aromatic rings. The molecule has 0 spiro atoms. The molecular weight excluding hydrogens is 524 g/mol. The molecule has 42 heavy (non-hydrogen) atoms. The topological polar surface area (TPSA) is 147 Å². The first-order valence-electron chi connectivity index (χ1n) is 15.0. The number of fused-ring (bicyclic) bond motifs is 1. The van der Waals surface area contributed by atoms with E-state index in [4.69, 9.17) is 32.4 Å². The van der Waals surface area contributed by atoms with Gasteiger partial charge in [0.25, 0.3) is 0 Å². The first-order chi connectivity index (χ1) is 20.6. The van der Waals surface area contributed by atoms with Crippen LogP contribution in [0.5, 0.6) is 11.5 Å². The van der Waals surface area contributed by atoms with Gasteiger partial charge in [0.2, 0.25) is 0 Å². The molecule has 0 saturated heterocycles. The van der Waals surface area contributed by atoms with Gasteiger partial charge in [0.1, 0.15) is 11.5 Å². The zero-order valence-electron chi connectivity index (χ0n) is 24.5. The van der Waals surface area contributed by atoms with Gasteiger partial charge in [0, 0.05) is 36.6 Å². The van der Waals surface area contributed by atoms with E-state index in [0.29, 0.717) is 39.4 Å². The minimum Gasteiger partial charge on any atom is -0.493 e. The summed E-state index contributed by atoms with van der Waals surface area (Å²) in [7, 11) is 0. The number of benzene rings is 4. The summed E-state index contributed by atoms with van der Waals surface area (Å²) in [4.78, 5) is 0. The Morgan fingerprint density at radius 1 is 0.452 bits per heavy atom. The van der Waals surface area contributed by atoms with Crippen molar-refractivity contribution in [3.05, 3.63) is 72.8 Å². The van der Waals surface area contributed by atoms with Crippen LogP contribution in [0.1, 0.15) is 25.7 Å². The highest BCUT2D eigenvalue weighted by atomic mass is 16.5. The minimum atomic E-state index is 0.585. The van der Waals surface area contributed by atoms with Crippen LogP contribution in [0.4, 0.5) is 11.4 Å². The molecule has 0 unspecified atom stereocenters. The molecule has 0 bridgehead atoms. The van der Waals surface area contributed by atoms with Crippen LogP contribution < -0.4 is 43.0 Å². The standard InChI is InChI=1S/C34H46N6O2/c35-9-1-13-39-31-19-29(21-33(23-31)41-15-3-11-37)26-7-5-25-6-8-27(18-28(25)17-26)30-20-32(40-14-2-10-36)24-34(22-30)42-16-4-12-38/h5-8,17-24,39-40H,1-4,9-16,35-38H2. The normalized spacial score (nSPS) is 11.0. The van der Waals surface area contributed by atoms with Gasteiger partial charge in [-0.1, -0.05) is 24.3 Å². The van der Waals surface area contributed by atoms with Crippen LogP contribution in [-0.2, 0) is 0 Å². The van der Waals surface area contributed by atoms with Crippen molar-refractivity contribution in [2.45, 2.75) is 25.7 Å². The van der Waals surface area contributed by atoms with Gasteiger partial charge in [-0.15, -0.1) is 0 Å². The number of ether oxygens (including phenoxy) is 2. The van der Waals surface area contributed by atoms with E-state index >= 15 is 0 Å². The van der Waals surface area contributed by atoms with Gasteiger partial charge in [-0.05, 0) is 121 Å². The number of rotatable bonds is 18. The fourth-order valence-corrected chi connectivity index (χ4v) is 4.72. The summed E-state index contributed by atoms with van der Waals surface area (Å²) in [5.74, 6) is 1.65. The summed E-state index contributed by atoms with van der Waals surface area (Å²) in [6.45, 7) is 5.27. The van der Waals surface area contributed by atoms with Crippen molar-refractivity contribution in [1.82, 2.24) is 0 Å². The average molecular weight is 571 g/mol. The molecule has 0 atom stereocenters. The fourth-order valence-electron chi connectivity index (χ4n) is 4.72. The second kappa shape index (κ2) is 16.6. The predicted molar refractivity (Wildman–Crippen MR) is 177 cm³/mol.